The lowest BCUT2D eigenvalue weighted by Crippen LogP contribution is -2.19. The monoisotopic (exact) mass is 302 g/mol. The zero-order valence-electron chi connectivity index (χ0n) is 13.9. The highest BCUT2D eigenvalue weighted by atomic mass is 31.2. The number of ether oxygens (including phenoxy) is 1. The van der Waals surface area contributed by atoms with Gasteiger partial charge in [-0.3, -0.25) is 0 Å². The Hall–Kier alpha value is 0.190. The van der Waals surface area contributed by atoms with Crippen molar-refractivity contribution in [3.05, 3.63) is 0 Å². The smallest absolute Gasteiger partial charge is 0.0881 e. The van der Waals surface area contributed by atoms with Crippen LogP contribution in [0.1, 0.15) is 65.7 Å². The van der Waals surface area contributed by atoms with E-state index in [0.29, 0.717) is 11.8 Å². The second-order valence-electron chi connectivity index (χ2n) is 6.59. The van der Waals surface area contributed by atoms with Crippen molar-refractivity contribution in [3.63, 3.8) is 0 Å². The van der Waals surface area contributed by atoms with Crippen LogP contribution in [0.5, 0.6) is 0 Å². The molecule has 0 amide bonds. The zero-order valence-corrected chi connectivity index (χ0v) is 14.8. The van der Waals surface area contributed by atoms with E-state index in [1.54, 1.807) is 0 Å². The minimum atomic E-state index is -1.95. The normalized spacial score (nSPS) is 23.4. The molecule has 1 saturated heterocycles. The fourth-order valence-electron chi connectivity index (χ4n) is 3.24. The first-order valence-corrected chi connectivity index (χ1v) is 11.1. The summed E-state index contributed by atoms with van der Waals surface area (Å²) < 4.78 is 19.0. The first-order chi connectivity index (χ1) is 9.65. The molecule has 120 valence electrons. The van der Waals surface area contributed by atoms with Gasteiger partial charge in [0.1, 0.15) is 0 Å². The maximum Gasteiger partial charge on any atom is 0.0881 e. The first-order valence-electron chi connectivity index (χ1n) is 8.80. The second-order valence-corrected chi connectivity index (χ2v) is 9.97. The summed E-state index contributed by atoms with van der Waals surface area (Å²) in [5.41, 5.74) is 0. The molecule has 0 bridgehead atoms. The maximum absolute atomic E-state index is 13.3. The van der Waals surface area contributed by atoms with E-state index in [1.807, 2.05) is 0 Å². The summed E-state index contributed by atoms with van der Waals surface area (Å²) >= 11 is 0. The molecule has 0 aliphatic carbocycles. The van der Waals surface area contributed by atoms with Crippen LogP contribution in [0.15, 0.2) is 0 Å². The largest absolute Gasteiger partial charge is 0.381 e. The van der Waals surface area contributed by atoms with Crippen molar-refractivity contribution in [1.29, 1.82) is 0 Å². The van der Waals surface area contributed by atoms with Crippen LogP contribution in [0, 0.1) is 11.8 Å². The van der Waals surface area contributed by atoms with Crippen LogP contribution in [0.2, 0.25) is 0 Å². The summed E-state index contributed by atoms with van der Waals surface area (Å²) in [6.45, 7) is 8.42. The van der Waals surface area contributed by atoms with E-state index in [9.17, 15) is 4.57 Å². The Balaban J connectivity index is 2.55. The third-order valence-corrected chi connectivity index (χ3v) is 8.06. The van der Waals surface area contributed by atoms with Crippen LogP contribution < -0.4 is 0 Å². The van der Waals surface area contributed by atoms with E-state index in [1.165, 1.54) is 19.3 Å². The Labute approximate surface area is 126 Å². The van der Waals surface area contributed by atoms with Crippen molar-refractivity contribution < 1.29 is 9.30 Å². The van der Waals surface area contributed by atoms with Gasteiger partial charge >= 0.3 is 0 Å². The molecule has 1 aliphatic heterocycles. The molecule has 0 aromatic heterocycles. The SMILES string of the molecule is CCCCC1COCC1CP(=O)(CCCC)CCCC. The number of hydrogen-bond acceptors (Lipinski definition) is 2. The van der Waals surface area contributed by atoms with E-state index < -0.39 is 7.14 Å². The fourth-order valence-corrected chi connectivity index (χ4v) is 6.88. The summed E-state index contributed by atoms with van der Waals surface area (Å²) in [5.74, 6) is 1.24. The van der Waals surface area contributed by atoms with Crippen molar-refractivity contribution in [1.82, 2.24) is 0 Å². The van der Waals surface area contributed by atoms with E-state index in [0.717, 1.165) is 57.4 Å². The summed E-state index contributed by atoms with van der Waals surface area (Å²) in [5, 5.41) is 0. The zero-order chi connectivity index (χ0) is 14.8. The van der Waals surface area contributed by atoms with Gasteiger partial charge in [-0.25, -0.2) is 0 Å². The van der Waals surface area contributed by atoms with Gasteiger partial charge in [0, 0.05) is 25.1 Å². The lowest BCUT2D eigenvalue weighted by atomic mass is 9.93. The van der Waals surface area contributed by atoms with E-state index in [2.05, 4.69) is 20.8 Å². The molecule has 2 nitrogen and oxygen atoms in total. The van der Waals surface area contributed by atoms with E-state index in [-0.39, 0.29) is 0 Å². The van der Waals surface area contributed by atoms with Gasteiger partial charge in [-0.05, 0) is 31.1 Å². The van der Waals surface area contributed by atoms with Gasteiger partial charge in [0.2, 0.25) is 0 Å². The Morgan fingerprint density at radius 1 is 0.900 bits per heavy atom. The van der Waals surface area contributed by atoms with Crippen LogP contribution in [0.25, 0.3) is 0 Å². The average molecular weight is 302 g/mol. The molecule has 0 aromatic rings. The van der Waals surface area contributed by atoms with Crippen LogP contribution >= 0.6 is 7.14 Å². The van der Waals surface area contributed by atoms with Crippen LogP contribution in [-0.4, -0.2) is 31.7 Å². The number of rotatable bonds is 11. The minimum Gasteiger partial charge on any atom is -0.381 e. The topological polar surface area (TPSA) is 26.3 Å². The minimum absolute atomic E-state index is 0.570. The van der Waals surface area contributed by atoms with Crippen molar-refractivity contribution in [3.8, 4) is 0 Å². The average Bonchev–Trinajstić information content (AvgIpc) is 2.88. The summed E-state index contributed by atoms with van der Waals surface area (Å²) in [6, 6.07) is 0. The molecular weight excluding hydrogens is 267 g/mol. The number of hydrogen-bond donors (Lipinski definition) is 0. The van der Waals surface area contributed by atoms with Crippen molar-refractivity contribution in [2.24, 2.45) is 11.8 Å². The molecule has 0 aromatic carbocycles. The Kier molecular flexibility index (Phi) is 9.13. The number of unbranched alkanes of at least 4 members (excludes halogenated alkanes) is 3. The van der Waals surface area contributed by atoms with Gasteiger partial charge in [0.15, 0.2) is 0 Å². The highest BCUT2D eigenvalue weighted by molar-refractivity contribution is 7.63. The van der Waals surface area contributed by atoms with Gasteiger partial charge in [-0.1, -0.05) is 46.5 Å². The van der Waals surface area contributed by atoms with Gasteiger partial charge in [0.25, 0.3) is 0 Å². The standard InChI is InChI=1S/C17H35O2P/c1-4-7-10-16-13-19-14-17(16)15-20(18,11-8-5-2)12-9-6-3/h16-17H,4-15H2,1-3H3. The van der Waals surface area contributed by atoms with E-state index in [4.69, 9.17) is 4.74 Å². The molecular formula is C17H35O2P. The molecule has 1 aliphatic rings. The highest BCUT2D eigenvalue weighted by Crippen LogP contribution is 2.51. The van der Waals surface area contributed by atoms with Crippen LogP contribution in [0.4, 0.5) is 0 Å². The summed E-state index contributed by atoms with van der Waals surface area (Å²) in [7, 11) is -1.95. The molecule has 0 saturated carbocycles. The summed E-state index contributed by atoms with van der Waals surface area (Å²) in [6.07, 6.45) is 11.3. The molecule has 2 atom stereocenters. The molecule has 1 heterocycles. The van der Waals surface area contributed by atoms with Crippen molar-refractivity contribution in [2.45, 2.75) is 65.7 Å². The third kappa shape index (κ3) is 6.31. The van der Waals surface area contributed by atoms with Gasteiger partial charge < -0.3 is 9.30 Å². The molecule has 0 radical (unpaired) electrons. The fraction of sp³-hybridized carbons (Fsp3) is 1.00. The molecule has 3 heteroatoms. The van der Waals surface area contributed by atoms with Gasteiger partial charge in [-0.15, -0.1) is 0 Å². The molecule has 1 fully saturated rings. The maximum atomic E-state index is 13.3. The molecule has 1 rings (SSSR count). The van der Waals surface area contributed by atoms with E-state index >= 15 is 0 Å². The molecule has 0 spiro atoms. The van der Waals surface area contributed by atoms with Crippen molar-refractivity contribution >= 4 is 7.14 Å². The Morgan fingerprint density at radius 2 is 1.45 bits per heavy atom. The Morgan fingerprint density at radius 3 is 2.00 bits per heavy atom. The second kappa shape index (κ2) is 10.0. The lowest BCUT2D eigenvalue weighted by molar-refractivity contribution is 0.180. The van der Waals surface area contributed by atoms with Crippen molar-refractivity contribution in [2.75, 3.05) is 31.7 Å². The van der Waals surface area contributed by atoms with Crippen LogP contribution in [-0.2, 0) is 9.30 Å². The predicted octanol–water partition coefficient (Wildman–Crippen LogP) is 5.40. The third-order valence-electron chi connectivity index (χ3n) is 4.66. The molecule has 2 unspecified atom stereocenters. The molecule has 20 heavy (non-hydrogen) atoms. The summed E-state index contributed by atoms with van der Waals surface area (Å²) in [4.78, 5) is 0. The predicted molar refractivity (Wildman–Crippen MR) is 89.3 cm³/mol. The van der Waals surface area contributed by atoms with Gasteiger partial charge in [0.05, 0.1) is 13.7 Å². The van der Waals surface area contributed by atoms with Gasteiger partial charge in [-0.2, -0.15) is 0 Å². The Bertz CT molecular complexity index is 279. The lowest BCUT2D eigenvalue weighted by Gasteiger charge is -2.24. The first kappa shape index (κ1) is 18.2. The molecule has 0 N–H and O–H groups in total. The highest BCUT2D eigenvalue weighted by Gasteiger charge is 2.33. The van der Waals surface area contributed by atoms with Crippen LogP contribution in [0.3, 0.4) is 0 Å². The quantitative estimate of drug-likeness (QED) is 0.477.